The lowest BCUT2D eigenvalue weighted by atomic mass is 10.2. The van der Waals surface area contributed by atoms with Gasteiger partial charge in [0.05, 0.1) is 31.5 Å². The van der Waals surface area contributed by atoms with Crippen molar-refractivity contribution in [3.05, 3.63) is 36.7 Å². The molecule has 0 spiro atoms. The van der Waals surface area contributed by atoms with Crippen LogP contribution < -0.4 is 24.2 Å². The van der Waals surface area contributed by atoms with E-state index in [1.54, 1.807) is 21.3 Å². The van der Waals surface area contributed by atoms with Gasteiger partial charge in [0.25, 0.3) is 0 Å². The fourth-order valence-electron chi connectivity index (χ4n) is 2.95. The Labute approximate surface area is 191 Å². The van der Waals surface area contributed by atoms with Crippen LogP contribution in [0, 0.1) is 0 Å². The molecular formula is C22H28N4O5S. The van der Waals surface area contributed by atoms with Crippen molar-refractivity contribution in [3.63, 3.8) is 0 Å². The second kappa shape index (κ2) is 12.3. The number of rotatable bonds is 13. The SMILES string of the molecule is CNSc1ccc(OC)c(Nc2ncnc3cc(OCCOC)c(OCCOC)cc23)c1. The second-order valence-corrected chi connectivity index (χ2v) is 7.60. The summed E-state index contributed by atoms with van der Waals surface area (Å²) < 4.78 is 30.5. The van der Waals surface area contributed by atoms with Crippen molar-refractivity contribution in [3.8, 4) is 17.2 Å². The Hall–Kier alpha value is -2.79. The maximum Gasteiger partial charge on any atom is 0.163 e. The van der Waals surface area contributed by atoms with Gasteiger partial charge in [-0.2, -0.15) is 0 Å². The monoisotopic (exact) mass is 460 g/mol. The summed E-state index contributed by atoms with van der Waals surface area (Å²) in [7, 11) is 6.76. The van der Waals surface area contributed by atoms with Crippen LogP contribution >= 0.6 is 11.9 Å². The van der Waals surface area contributed by atoms with Crippen molar-refractivity contribution < 1.29 is 23.7 Å². The maximum absolute atomic E-state index is 5.91. The van der Waals surface area contributed by atoms with E-state index in [0.717, 1.165) is 16.0 Å². The molecule has 1 aromatic heterocycles. The molecule has 1 heterocycles. The molecule has 3 aromatic rings. The van der Waals surface area contributed by atoms with E-state index in [1.165, 1.54) is 18.3 Å². The molecular weight excluding hydrogens is 432 g/mol. The van der Waals surface area contributed by atoms with Gasteiger partial charge in [0, 0.05) is 30.6 Å². The van der Waals surface area contributed by atoms with Gasteiger partial charge in [0.2, 0.25) is 0 Å². The topological polar surface area (TPSA) is 96.0 Å². The van der Waals surface area contributed by atoms with Crippen LogP contribution in [0.4, 0.5) is 11.5 Å². The molecule has 2 aromatic carbocycles. The van der Waals surface area contributed by atoms with Gasteiger partial charge in [-0.1, -0.05) is 0 Å². The number of aromatic nitrogens is 2. The molecule has 0 saturated heterocycles. The minimum atomic E-state index is 0.385. The molecule has 10 heteroatoms. The van der Waals surface area contributed by atoms with Crippen LogP contribution in [0.3, 0.4) is 0 Å². The predicted molar refractivity (Wildman–Crippen MR) is 125 cm³/mol. The molecule has 0 fully saturated rings. The largest absolute Gasteiger partial charge is 0.495 e. The zero-order valence-electron chi connectivity index (χ0n) is 18.6. The average molecular weight is 461 g/mol. The normalized spacial score (nSPS) is 10.9. The lowest BCUT2D eigenvalue weighted by Gasteiger charge is -2.16. The molecule has 0 radical (unpaired) electrons. The van der Waals surface area contributed by atoms with Crippen molar-refractivity contribution in [2.24, 2.45) is 0 Å². The van der Waals surface area contributed by atoms with Gasteiger partial charge in [-0.15, -0.1) is 0 Å². The molecule has 32 heavy (non-hydrogen) atoms. The van der Waals surface area contributed by atoms with Gasteiger partial charge in [0.1, 0.15) is 31.1 Å². The number of hydrogen-bond acceptors (Lipinski definition) is 10. The fourth-order valence-corrected chi connectivity index (χ4v) is 3.50. The molecule has 0 unspecified atom stereocenters. The highest BCUT2D eigenvalue weighted by atomic mass is 32.2. The van der Waals surface area contributed by atoms with Crippen molar-refractivity contribution in [2.75, 3.05) is 60.1 Å². The zero-order valence-corrected chi connectivity index (χ0v) is 19.5. The first-order chi connectivity index (χ1) is 15.7. The molecule has 9 nitrogen and oxygen atoms in total. The Kier molecular flexibility index (Phi) is 9.17. The number of hydrogen-bond donors (Lipinski definition) is 2. The zero-order chi connectivity index (χ0) is 22.8. The highest BCUT2D eigenvalue weighted by Gasteiger charge is 2.14. The number of ether oxygens (including phenoxy) is 5. The summed E-state index contributed by atoms with van der Waals surface area (Å²) in [5.74, 6) is 2.49. The van der Waals surface area contributed by atoms with Gasteiger partial charge >= 0.3 is 0 Å². The third-order valence-corrected chi connectivity index (χ3v) is 5.13. The van der Waals surface area contributed by atoms with Gasteiger partial charge in [-0.25, -0.2) is 9.97 Å². The smallest absolute Gasteiger partial charge is 0.163 e. The van der Waals surface area contributed by atoms with Gasteiger partial charge in [-0.05, 0) is 43.3 Å². The first-order valence-electron chi connectivity index (χ1n) is 10.0. The molecule has 0 amide bonds. The fraction of sp³-hybridized carbons (Fsp3) is 0.364. The number of benzene rings is 2. The van der Waals surface area contributed by atoms with E-state index in [4.69, 9.17) is 23.7 Å². The Morgan fingerprint density at radius 3 is 2.22 bits per heavy atom. The Bertz CT molecular complexity index is 1020. The summed E-state index contributed by atoms with van der Waals surface area (Å²) >= 11 is 1.51. The Morgan fingerprint density at radius 2 is 1.56 bits per heavy atom. The van der Waals surface area contributed by atoms with Crippen LogP contribution in [0.25, 0.3) is 10.9 Å². The summed E-state index contributed by atoms with van der Waals surface area (Å²) in [6, 6.07) is 9.59. The van der Waals surface area contributed by atoms with Gasteiger partial charge in [-0.3, -0.25) is 4.72 Å². The molecule has 172 valence electrons. The summed E-state index contributed by atoms with van der Waals surface area (Å²) in [5.41, 5.74) is 1.50. The number of fused-ring (bicyclic) bond motifs is 1. The minimum absolute atomic E-state index is 0.385. The van der Waals surface area contributed by atoms with Crippen molar-refractivity contribution in [2.45, 2.75) is 4.90 Å². The number of methoxy groups -OCH3 is 3. The van der Waals surface area contributed by atoms with Gasteiger partial charge < -0.3 is 29.0 Å². The molecule has 0 aliphatic carbocycles. The van der Waals surface area contributed by atoms with Crippen LogP contribution in [0.5, 0.6) is 17.2 Å². The molecule has 0 aliphatic rings. The molecule has 0 aliphatic heterocycles. The summed E-state index contributed by atoms with van der Waals surface area (Å²) in [6.45, 7) is 1.70. The Morgan fingerprint density at radius 1 is 0.844 bits per heavy atom. The van der Waals surface area contributed by atoms with Crippen molar-refractivity contribution in [1.82, 2.24) is 14.7 Å². The quantitative estimate of drug-likeness (QED) is 0.291. The third kappa shape index (κ3) is 6.13. The van der Waals surface area contributed by atoms with E-state index in [9.17, 15) is 0 Å². The summed E-state index contributed by atoms with van der Waals surface area (Å²) in [4.78, 5) is 9.90. The van der Waals surface area contributed by atoms with Crippen LogP contribution in [-0.2, 0) is 9.47 Å². The third-order valence-electron chi connectivity index (χ3n) is 4.43. The molecule has 2 N–H and O–H groups in total. The van der Waals surface area contributed by atoms with Crippen molar-refractivity contribution in [1.29, 1.82) is 0 Å². The average Bonchev–Trinajstić information content (AvgIpc) is 2.80. The number of anilines is 2. The lowest BCUT2D eigenvalue weighted by molar-refractivity contribution is 0.132. The number of nitrogens with zero attached hydrogens (tertiary/aromatic N) is 2. The van der Waals surface area contributed by atoms with E-state index in [-0.39, 0.29) is 0 Å². The van der Waals surface area contributed by atoms with E-state index >= 15 is 0 Å². The Balaban J connectivity index is 1.99. The molecule has 0 atom stereocenters. The first kappa shape index (κ1) is 23.9. The standard InChI is InChI=1S/C22H28N4O5S/c1-23-32-15-5-6-19(29-4)18(11-15)26-22-16-12-20(30-9-7-27-2)21(31-10-8-28-3)13-17(16)24-14-25-22/h5-6,11-14,23H,7-10H2,1-4H3,(H,24,25,26). The molecule has 3 rings (SSSR count). The van der Waals surface area contributed by atoms with Crippen LogP contribution in [0.1, 0.15) is 0 Å². The van der Waals surface area contributed by atoms with E-state index < -0.39 is 0 Å². The van der Waals surface area contributed by atoms with E-state index in [2.05, 4.69) is 20.0 Å². The highest BCUT2D eigenvalue weighted by Crippen LogP contribution is 2.37. The number of nitrogens with one attached hydrogen (secondary N) is 2. The molecule has 0 bridgehead atoms. The first-order valence-corrected chi connectivity index (χ1v) is 10.8. The van der Waals surface area contributed by atoms with E-state index in [1.807, 2.05) is 37.4 Å². The van der Waals surface area contributed by atoms with Gasteiger partial charge in [0.15, 0.2) is 11.5 Å². The second-order valence-electron chi connectivity index (χ2n) is 6.51. The maximum atomic E-state index is 5.91. The van der Waals surface area contributed by atoms with Crippen LogP contribution in [0.15, 0.2) is 41.6 Å². The predicted octanol–water partition coefficient (Wildman–Crippen LogP) is 3.66. The van der Waals surface area contributed by atoms with Crippen molar-refractivity contribution >= 4 is 34.4 Å². The molecule has 0 saturated carbocycles. The van der Waals surface area contributed by atoms with Crippen LogP contribution in [-0.4, -0.2) is 64.8 Å². The van der Waals surface area contributed by atoms with Crippen LogP contribution in [0.2, 0.25) is 0 Å². The highest BCUT2D eigenvalue weighted by molar-refractivity contribution is 7.97. The summed E-state index contributed by atoms with van der Waals surface area (Å²) in [5, 5.41) is 4.16. The van der Waals surface area contributed by atoms with E-state index in [0.29, 0.717) is 55.0 Å². The minimum Gasteiger partial charge on any atom is -0.495 e. The summed E-state index contributed by atoms with van der Waals surface area (Å²) in [6.07, 6.45) is 1.51. The lowest BCUT2D eigenvalue weighted by Crippen LogP contribution is -2.09.